The van der Waals surface area contributed by atoms with Gasteiger partial charge in [0.05, 0.1) is 13.2 Å². The molecule has 0 atom stereocenters. The van der Waals surface area contributed by atoms with E-state index in [0.717, 1.165) is 6.42 Å². The van der Waals surface area contributed by atoms with Crippen LogP contribution in [0.4, 0.5) is 0 Å². The van der Waals surface area contributed by atoms with E-state index in [1.807, 2.05) is 0 Å². The molecule has 1 aliphatic rings. The number of furan rings is 1. The molecule has 0 radical (unpaired) electrons. The summed E-state index contributed by atoms with van der Waals surface area (Å²) in [6, 6.07) is 3.52. The molecule has 0 N–H and O–H groups in total. The highest BCUT2D eigenvalue weighted by Crippen LogP contribution is 2.24. The second-order valence-electron chi connectivity index (χ2n) is 3.51. The van der Waals surface area contributed by atoms with Crippen molar-refractivity contribution in [3.63, 3.8) is 0 Å². The molecular weight excluding hydrogens is 212 g/mol. The molecule has 1 aliphatic heterocycles. The number of esters is 1. The summed E-state index contributed by atoms with van der Waals surface area (Å²) in [6.45, 7) is 2.84. The number of ether oxygens (including phenoxy) is 3. The van der Waals surface area contributed by atoms with Crippen LogP contribution in [0.15, 0.2) is 16.5 Å². The van der Waals surface area contributed by atoms with Gasteiger partial charge in [-0.15, -0.1) is 0 Å². The van der Waals surface area contributed by atoms with Crippen molar-refractivity contribution in [1.82, 2.24) is 0 Å². The first-order chi connectivity index (χ1) is 7.75. The van der Waals surface area contributed by atoms with Crippen LogP contribution in [0, 0.1) is 0 Å². The minimum atomic E-state index is -0.431. The minimum absolute atomic E-state index is 0.141. The average molecular weight is 226 g/mol. The first kappa shape index (κ1) is 11.2. The molecule has 0 spiro atoms. The van der Waals surface area contributed by atoms with E-state index >= 15 is 0 Å². The summed E-state index contributed by atoms with van der Waals surface area (Å²) in [6.07, 6.45) is 0.470. The molecule has 5 heteroatoms. The van der Waals surface area contributed by atoms with Crippen LogP contribution in [0.3, 0.4) is 0 Å². The van der Waals surface area contributed by atoms with Crippen LogP contribution >= 0.6 is 0 Å². The highest BCUT2D eigenvalue weighted by molar-refractivity contribution is 5.65. The Hall–Kier alpha value is -1.33. The monoisotopic (exact) mass is 226 g/mol. The Bertz CT molecular complexity index is 351. The highest BCUT2D eigenvalue weighted by Gasteiger charge is 2.20. The van der Waals surface area contributed by atoms with Crippen LogP contribution in [0.5, 0.6) is 0 Å². The van der Waals surface area contributed by atoms with Gasteiger partial charge in [0, 0.05) is 6.92 Å². The molecule has 0 saturated carbocycles. The fraction of sp³-hybridized carbons (Fsp3) is 0.545. The zero-order valence-corrected chi connectivity index (χ0v) is 9.10. The van der Waals surface area contributed by atoms with Crippen LogP contribution < -0.4 is 0 Å². The lowest BCUT2D eigenvalue weighted by Crippen LogP contribution is -2.17. The summed E-state index contributed by atoms with van der Waals surface area (Å²) < 4.78 is 21.0. The van der Waals surface area contributed by atoms with Crippen LogP contribution in [-0.4, -0.2) is 19.2 Å². The predicted octanol–water partition coefficient (Wildman–Crippen LogP) is 1.78. The lowest BCUT2D eigenvalue weighted by Gasteiger charge is -2.21. The van der Waals surface area contributed by atoms with Gasteiger partial charge in [-0.05, 0) is 18.6 Å². The van der Waals surface area contributed by atoms with Crippen molar-refractivity contribution in [3.05, 3.63) is 23.7 Å². The van der Waals surface area contributed by atoms with E-state index in [1.54, 1.807) is 12.1 Å². The predicted molar refractivity (Wildman–Crippen MR) is 53.4 cm³/mol. The van der Waals surface area contributed by atoms with Gasteiger partial charge in [0.25, 0.3) is 0 Å². The molecule has 0 bridgehead atoms. The smallest absolute Gasteiger partial charge is 0.303 e. The van der Waals surface area contributed by atoms with Crippen molar-refractivity contribution >= 4 is 5.97 Å². The maximum Gasteiger partial charge on any atom is 0.303 e. The number of hydrogen-bond donors (Lipinski definition) is 0. The summed E-state index contributed by atoms with van der Waals surface area (Å²) >= 11 is 0. The number of hydrogen-bond acceptors (Lipinski definition) is 5. The zero-order chi connectivity index (χ0) is 11.4. The highest BCUT2D eigenvalue weighted by atomic mass is 16.7. The third kappa shape index (κ3) is 2.84. The first-order valence-corrected chi connectivity index (χ1v) is 5.21. The first-order valence-electron chi connectivity index (χ1n) is 5.21. The van der Waals surface area contributed by atoms with Gasteiger partial charge in [0.1, 0.15) is 12.4 Å². The Morgan fingerprint density at radius 2 is 2.19 bits per heavy atom. The number of carbonyl (C=O) groups is 1. The molecular formula is C11H14O5. The Labute approximate surface area is 93.3 Å². The normalized spacial score (nSPS) is 17.3. The SMILES string of the molecule is CC(=O)OCc1ccc(C2OCCCO2)o1. The van der Waals surface area contributed by atoms with Gasteiger partial charge >= 0.3 is 5.97 Å². The molecule has 0 unspecified atom stereocenters. The van der Waals surface area contributed by atoms with Crippen LogP contribution in [-0.2, 0) is 25.6 Å². The standard InChI is InChI=1S/C11H14O5/c1-8(12)15-7-9-3-4-10(16-9)11-13-5-2-6-14-11/h3-4,11H,2,5-7H2,1H3. The fourth-order valence-electron chi connectivity index (χ4n) is 1.42. The molecule has 16 heavy (non-hydrogen) atoms. The molecule has 5 nitrogen and oxygen atoms in total. The van der Waals surface area contributed by atoms with Gasteiger partial charge in [-0.1, -0.05) is 0 Å². The van der Waals surface area contributed by atoms with Gasteiger partial charge in [0.2, 0.25) is 6.29 Å². The minimum Gasteiger partial charge on any atom is -0.458 e. The molecule has 1 fully saturated rings. The van der Waals surface area contributed by atoms with Crippen molar-refractivity contribution in [2.24, 2.45) is 0 Å². The Balaban J connectivity index is 1.93. The second-order valence-corrected chi connectivity index (χ2v) is 3.51. The van der Waals surface area contributed by atoms with E-state index in [-0.39, 0.29) is 12.6 Å². The third-order valence-corrected chi connectivity index (χ3v) is 2.16. The van der Waals surface area contributed by atoms with Crippen molar-refractivity contribution < 1.29 is 23.4 Å². The molecule has 1 aromatic heterocycles. The van der Waals surface area contributed by atoms with Crippen molar-refractivity contribution in [1.29, 1.82) is 0 Å². The van der Waals surface area contributed by atoms with Crippen molar-refractivity contribution in [2.45, 2.75) is 26.2 Å². The van der Waals surface area contributed by atoms with Gasteiger partial charge in [0.15, 0.2) is 5.76 Å². The van der Waals surface area contributed by atoms with Gasteiger partial charge in [-0.2, -0.15) is 0 Å². The summed E-state index contributed by atoms with van der Waals surface area (Å²) in [5, 5.41) is 0. The van der Waals surface area contributed by atoms with Crippen LogP contribution in [0.2, 0.25) is 0 Å². The molecule has 1 saturated heterocycles. The molecule has 88 valence electrons. The van der Waals surface area contributed by atoms with Gasteiger partial charge in [-0.25, -0.2) is 0 Å². The topological polar surface area (TPSA) is 57.9 Å². The number of rotatable bonds is 3. The maximum absolute atomic E-state index is 10.6. The summed E-state index contributed by atoms with van der Waals surface area (Å²) in [5.41, 5.74) is 0. The van der Waals surface area contributed by atoms with E-state index in [9.17, 15) is 4.79 Å². The maximum atomic E-state index is 10.6. The molecule has 0 aromatic carbocycles. The van der Waals surface area contributed by atoms with Crippen molar-refractivity contribution in [3.8, 4) is 0 Å². The molecule has 2 heterocycles. The largest absolute Gasteiger partial charge is 0.458 e. The summed E-state index contributed by atoms with van der Waals surface area (Å²) in [5.74, 6) is 0.868. The van der Waals surface area contributed by atoms with Gasteiger partial charge in [-0.3, -0.25) is 4.79 Å². The van der Waals surface area contributed by atoms with Crippen LogP contribution in [0.1, 0.15) is 31.2 Å². The zero-order valence-electron chi connectivity index (χ0n) is 9.10. The molecule has 0 amide bonds. The molecule has 1 aromatic rings. The third-order valence-electron chi connectivity index (χ3n) is 2.16. The molecule has 0 aliphatic carbocycles. The van der Waals surface area contributed by atoms with E-state index in [4.69, 9.17) is 18.6 Å². The Morgan fingerprint density at radius 3 is 2.88 bits per heavy atom. The summed E-state index contributed by atoms with van der Waals surface area (Å²) in [7, 11) is 0. The summed E-state index contributed by atoms with van der Waals surface area (Å²) in [4.78, 5) is 10.6. The van der Waals surface area contributed by atoms with Gasteiger partial charge < -0.3 is 18.6 Å². The Morgan fingerprint density at radius 1 is 1.44 bits per heavy atom. The van der Waals surface area contributed by atoms with Crippen molar-refractivity contribution in [2.75, 3.05) is 13.2 Å². The lowest BCUT2D eigenvalue weighted by atomic mass is 10.4. The van der Waals surface area contributed by atoms with E-state index in [1.165, 1.54) is 6.92 Å². The van der Waals surface area contributed by atoms with E-state index < -0.39 is 6.29 Å². The average Bonchev–Trinajstić information content (AvgIpc) is 2.76. The Kier molecular flexibility index (Phi) is 3.58. The number of carbonyl (C=O) groups excluding carboxylic acids is 1. The fourth-order valence-corrected chi connectivity index (χ4v) is 1.42. The lowest BCUT2D eigenvalue weighted by molar-refractivity contribution is -0.192. The van der Waals surface area contributed by atoms with E-state index in [2.05, 4.69) is 0 Å². The second kappa shape index (κ2) is 5.14. The molecule has 2 rings (SSSR count). The quantitative estimate of drug-likeness (QED) is 0.735. The van der Waals surface area contributed by atoms with E-state index in [0.29, 0.717) is 24.7 Å². The van der Waals surface area contributed by atoms with Crippen LogP contribution in [0.25, 0.3) is 0 Å².